The first-order chi connectivity index (χ1) is 49.7. The fourth-order valence-corrected chi connectivity index (χ4v) is 12.1. The Balaban J connectivity index is 1.94. The maximum absolute atomic E-state index is 14.8. The second-order valence-corrected chi connectivity index (χ2v) is 28.6. The highest BCUT2D eigenvalue weighted by Crippen LogP contribution is 2.15. The van der Waals surface area contributed by atoms with E-state index in [-0.39, 0.29) is 89.2 Å². The van der Waals surface area contributed by atoms with Gasteiger partial charge in [0.05, 0.1) is 12.6 Å². The minimum absolute atomic E-state index is 0.0562. The molecule has 0 unspecified atom stereocenters. The van der Waals surface area contributed by atoms with Crippen molar-refractivity contribution < 1.29 is 57.5 Å². The molecule has 12 amide bonds. The number of hydrogen-bond donors (Lipinski definition) is 17. The van der Waals surface area contributed by atoms with Crippen molar-refractivity contribution in [3.8, 4) is 0 Å². The minimum atomic E-state index is -1.37. The van der Waals surface area contributed by atoms with E-state index in [1.165, 1.54) is 42.2 Å². The van der Waals surface area contributed by atoms with E-state index in [0.717, 1.165) is 0 Å². The Kier molecular flexibility index (Phi) is 43.8. The quantitative estimate of drug-likeness (QED) is 0.0186. The van der Waals surface area contributed by atoms with Crippen LogP contribution in [-0.2, 0) is 76.8 Å². The predicted octanol–water partition coefficient (Wildman–Crippen LogP) is -0.872. The van der Waals surface area contributed by atoms with Gasteiger partial charge in [-0.1, -0.05) is 111 Å². The standard InChI is InChI=1S/C71H112N18O12S3/c1-44(2)39-55(68(99)82-50(60(75)91)30-36-102-4)81-59(90)43-79-63(94)56(40-46-21-10-7-11-22-46)87-70(101)58(42-48-25-14-9-15-26-48)89-67(98)54(32-38-104-6)85-66(97)53(31-37-103-5)86-69(100)57(41-47-23-12-8-13-24-47)88-65(96)51(28-17-19-34-73)83-61(92)45(3)80-64(95)52(29-20-35-78-71(76)77)84-62(93)49(74)27-16-18-33-72/h7-15,21-26,44-45,49-58H,16-20,27-43,72-74H2,1-6H3,(H2,75,91)(H,79,94)(H,80,95)(H,81,90)(H,82,99)(H,83,92)(H,84,93)(H,85,97)(H,86,100)(H,87,101)(H,88,96)(H,89,98)(H4,76,77,78)/t45-,49-,50-,51-,52-,53-,54-,55-,56-,57-,58-/m0/s1. The van der Waals surface area contributed by atoms with E-state index in [1.54, 1.807) is 104 Å². The van der Waals surface area contributed by atoms with Gasteiger partial charge in [0, 0.05) is 25.8 Å². The lowest BCUT2D eigenvalue weighted by molar-refractivity contribution is -0.136. The highest BCUT2D eigenvalue weighted by Gasteiger charge is 2.36. The van der Waals surface area contributed by atoms with Gasteiger partial charge < -0.3 is 92.9 Å². The van der Waals surface area contributed by atoms with Gasteiger partial charge >= 0.3 is 0 Å². The van der Waals surface area contributed by atoms with Crippen molar-refractivity contribution >= 4 is 112 Å². The zero-order chi connectivity index (χ0) is 76.9. The number of rotatable bonds is 52. The van der Waals surface area contributed by atoms with E-state index >= 15 is 0 Å². The number of nitrogens with two attached hydrogens (primary N) is 6. The van der Waals surface area contributed by atoms with Crippen LogP contribution in [0.25, 0.3) is 0 Å². The first-order valence-corrected chi connectivity index (χ1v) is 39.3. The number of nitrogens with zero attached hydrogens (tertiary/aromatic N) is 1. The molecule has 3 rings (SSSR count). The van der Waals surface area contributed by atoms with E-state index < -0.39 is 144 Å². The molecule has 0 bridgehead atoms. The molecule has 576 valence electrons. The molecule has 30 nitrogen and oxygen atoms in total. The normalized spacial score (nSPS) is 14.2. The summed E-state index contributed by atoms with van der Waals surface area (Å²) < 4.78 is 0. The number of primary amides is 1. The molecule has 0 radical (unpaired) electrons. The Hall–Kier alpha value is -8.50. The summed E-state index contributed by atoms with van der Waals surface area (Å²) in [7, 11) is 0. The van der Waals surface area contributed by atoms with Crippen LogP contribution in [0.5, 0.6) is 0 Å². The lowest BCUT2D eigenvalue weighted by Gasteiger charge is -2.28. The molecule has 0 aromatic heterocycles. The molecule has 0 aliphatic rings. The zero-order valence-electron chi connectivity index (χ0n) is 60.7. The van der Waals surface area contributed by atoms with Gasteiger partial charge in [0.2, 0.25) is 70.9 Å². The number of amides is 12. The zero-order valence-corrected chi connectivity index (χ0v) is 63.1. The van der Waals surface area contributed by atoms with Gasteiger partial charge in [0.1, 0.15) is 60.4 Å². The third-order valence-electron chi connectivity index (χ3n) is 16.5. The molecule has 0 aliphatic heterocycles. The molecule has 0 saturated heterocycles. The predicted molar refractivity (Wildman–Crippen MR) is 410 cm³/mol. The van der Waals surface area contributed by atoms with Crippen LogP contribution >= 0.6 is 35.3 Å². The molecule has 0 aliphatic carbocycles. The summed E-state index contributed by atoms with van der Waals surface area (Å²) in [5.41, 5.74) is 36.1. The number of guanidine groups is 1. The Bertz CT molecular complexity index is 3200. The lowest BCUT2D eigenvalue weighted by Crippen LogP contribution is -2.61. The molecular formula is C71H112N18O12S3. The highest BCUT2D eigenvalue weighted by atomic mass is 32.2. The number of unbranched alkanes of at least 4 members (excludes halogenated alkanes) is 2. The number of benzene rings is 3. The summed E-state index contributed by atoms with van der Waals surface area (Å²) >= 11 is 4.24. The molecule has 33 heteroatoms. The summed E-state index contributed by atoms with van der Waals surface area (Å²) in [4.78, 5) is 172. The third kappa shape index (κ3) is 35.8. The van der Waals surface area contributed by atoms with Gasteiger partial charge in [0.15, 0.2) is 5.96 Å². The van der Waals surface area contributed by atoms with Crippen molar-refractivity contribution in [2.75, 3.05) is 62.2 Å². The Morgan fingerprint density at radius 1 is 0.385 bits per heavy atom. The summed E-state index contributed by atoms with van der Waals surface area (Å²) in [6.07, 6.45) is 8.57. The summed E-state index contributed by atoms with van der Waals surface area (Å²) in [5.74, 6) is -7.79. The van der Waals surface area contributed by atoms with Crippen molar-refractivity contribution in [2.24, 2.45) is 45.3 Å². The Labute approximate surface area is 623 Å². The fraction of sp³-hybridized carbons (Fsp3) is 0.563. The molecule has 0 heterocycles. The second kappa shape index (κ2) is 50.8. The van der Waals surface area contributed by atoms with Crippen LogP contribution in [0.2, 0.25) is 0 Å². The van der Waals surface area contributed by atoms with E-state index in [1.807, 2.05) is 20.1 Å². The average molecular weight is 1510 g/mol. The van der Waals surface area contributed by atoms with E-state index in [4.69, 9.17) is 34.4 Å². The molecule has 3 aromatic carbocycles. The van der Waals surface area contributed by atoms with Crippen molar-refractivity contribution in [2.45, 2.75) is 184 Å². The highest BCUT2D eigenvalue weighted by molar-refractivity contribution is 7.99. The maximum Gasteiger partial charge on any atom is 0.243 e. The minimum Gasteiger partial charge on any atom is -0.370 e. The molecule has 3 aromatic rings. The summed E-state index contributed by atoms with van der Waals surface area (Å²) in [6, 6.07) is 12.9. The van der Waals surface area contributed by atoms with Gasteiger partial charge in [0.25, 0.3) is 0 Å². The maximum atomic E-state index is 14.8. The number of thioether (sulfide) groups is 3. The van der Waals surface area contributed by atoms with Crippen molar-refractivity contribution in [3.63, 3.8) is 0 Å². The monoisotopic (exact) mass is 1500 g/mol. The fourth-order valence-electron chi connectivity index (χ4n) is 10.7. The van der Waals surface area contributed by atoms with E-state index in [9.17, 15) is 57.5 Å². The molecule has 104 heavy (non-hydrogen) atoms. The number of carbonyl (C=O) groups excluding carboxylic acids is 12. The van der Waals surface area contributed by atoms with Gasteiger partial charge in [-0.15, -0.1) is 0 Å². The average Bonchev–Trinajstić information content (AvgIpc) is 0.851. The van der Waals surface area contributed by atoms with Gasteiger partial charge in [-0.05, 0) is 149 Å². The smallest absolute Gasteiger partial charge is 0.243 e. The van der Waals surface area contributed by atoms with Gasteiger partial charge in [-0.25, -0.2) is 0 Å². The second-order valence-electron chi connectivity index (χ2n) is 25.6. The number of nitrogens with one attached hydrogen (secondary N) is 11. The topological polar surface area (TPSA) is 506 Å². The number of aliphatic imine (C=N–C) groups is 1. The summed E-state index contributed by atoms with van der Waals surface area (Å²) in [6.45, 7) is 5.30. The molecule has 0 fully saturated rings. The molecule has 11 atom stereocenters. The van der Waals surface area contributed by atoms with Crippen LogP contribution in [0.3, 0.4) is 0 Å². The van der Waals surface area contributed by atoms with Crippen LogP contribution in [-0.4, -0.2) is 206 Å². The molecule has 0 saturated carbocycles. The molecule has 23 N–H and O–H groups in total. The largest absolute Gasteiger partial charge is 0.370 e. The van der Waals surface area contributed by atoms with Crippen LogP contribution < -0.4 is 92.9 Å². The van der Waals surface area contributed by atoms with Gasteiger partial charge in [-0.2, -0.15) is 35.3 Å². The first kappa shape index (κ1) is 89.7. The molecule has 0 spiro atoms. The SMILES string of the molecule is CSCC[C@H](NC(=O)[C@H](CC(C)C)NC(=O)CNC(=O)[C@H](Cc1ccccc1)NC(=O)[C@H](Cc1ccccc1)NC(=O)[C@H](CCSC)NC(=O)[C@H](CCSC)NC(=O)[C@H](Cc1ccccc1)NC(=O)[C@H](CCCCN)NC(=O)[C@H](C)NC(=O)[C@H](CCCN=C(N)N)NC(=O)[C@@H](N)CCCCN)C(N)=O. The van der Waals surface area contributed by atoms with Crippen molar-refractivity contribution in [1.29, 1.82) is 0 Å². The summed E-state index contributed by atoms with van der Waals surface area (Å²) in [5, 5.41) is 30.0. The van der Waals surface area contributed by atoms with Crippen molar-refractivity contribution in [3.05, 3.63) is 108 Å². The Morgan fingerprint density at radius 3 is 1.14 bits per heavy atom. The van der Waals surface area contributed by atoms with Crippen LogP contribution in [0.1, 0.15) is 115 Å². The van der Waals surface area contributed by atoms with Gasteiger partial charge in [-0.3, -0.25) is 62.5 Å². The van der Waals surface area contributed by atoms with E-state index in [2.05, 4.69) is 63.5 Å². The van der Waals surface area contributed by atoms with Crippen LogP contribution in [0.4, 0.5) is 0 Å². The molecular weight excluding hydrogens is 1390 g/mol. The van der Waals surface area contributed by atoms with Crippen molar-refractivity contribution in [1.82, 2.24) is 58.5 Å². The van der Waals surface area contributed by atoms with Crippen LogP contribution in [0, 0.1) is 5.92 Å². The van der Waals surface area contributed by atoms with E-state index in [0.29, 0.717) is 72.6 Å². The third-order valence-corrected chi connectivity index (χ3v) is 18.4. The number of carbonyl (C=O) groups is 12. The number of hydrogen-bond acceptors (Lipinski definition) is 19. The lowest BCUT2D eigenvalue weighted by atomic mass is 10.0. The first-order valence-electron chi connectivity index (χ1n) is 35.1. The van der Waals surface area contributed by atoms with Crippen LogP contribution in [0.15, 0.2) is 96.0 Å². The Morgan fingerprint density at radius 2 is 0.731 bits per heavy atom.